The molecule has 1 aliphatic carbocycles. The molecule has 0 aromatic carbocycles. The highest BCUT2D eigenvalue weighted by Gasteiger charge is 2.39. The number of fused-ring (bicyclic) bond motifs is 1. The monoisotopic (exact) mass is 356 g/mol. The molecular formula is C12H16ClF3N4OS. The van der Waals surface area contributed by atoms with Crippen LogP contribution in [0.1, 0.15) is 37.1 Å². The maximum Gasteiger partial charge on any atom is 0.445 e. The highest BCUT2D eigenvalue weighted by Crippen LogP contribution is 2.35. The molecule has 1 saturated heterocycles. The summed E-state index contributed by atoms with van der Waals surface area (Å²) < 4.78 is 37.3. The maximum atomic E-state index is 12.4. The number of halogens is 4. The van der Waals surface area contributed by atoms with Crippen molar-refractivity contribution < 1.29 is 18.0 Å². The molecule has 22 heavy (non-hydrogen) atoms. The van der Waals surface area contributed by atoms with E-state index in [0.29, 0.717) is 23.3 Å². The minimum Gasteiger partial charge on any atom is -0.303 e. The summed E-state index contributed by atoms with van der Waals surface area (Å²) in [5.41, 5.74) is 0. The van der Waals surface area contributed by atoms with Crippen LogP contribution in [0.2, 0.25) is 0 Å². The van der Waals surface area contributed by atoms with Gasteiger partial charge in [-0.25, -0.2) is 0 Å². The second-order valence-electron chi connectivity index (χ2n) is 5.51. The van der Waals surface area contributed by atoms with Crippen LogP contribution in [0.3, 0.4) is 0 Å². The highest BCUT2D eigenvalue weighted by atomic mass is 35.5. The van der Waals surface area contributed by atoms with E-state index in [2.05, 4.69) is 20.8 Å². The number of carbonyl (C=O) groups excluding carboxylic acids is 1. The van der Waals surface area contributed by atoms with Gasteiger partial charge >= 0.3 is 6.18 Å². The summed E-state index contributed by atoms with van der Waals surface area (Å²) in [4.78, 5) is 12.1. The molecule has 5 nitrogen and oxygen atoms in total. The number of nitrogens with one attached hydrogen (secondary N) is 2. The first-order valence-electron chi connectivity index (χ1n) is 6.91. The van der Waals surface area contributed by atoms with Gasteiger partial charge in [0, 0.05) is 6.04 Å². The van der Waals surface area contributed by atoms with Gasteiger partial charge < -0.3 is 5.32 Å². The average Bonchev–Trinajstić information content (AvgIpc) is 3.03. The Bertz CT molecular complexity index is 525. The molecule has 0 radical (unpaired) electrons. The molecule has 124 valence electrons. The largest absolute Gasteiger partial charge is 0.445 e. The summed E-state index contributed by atoms with van der Waals surface area (Å²) in [5, 5.41) is 11.0. The molecule has 2 fully saturated rings. The fourth-order valence-electron chi connectivity index (χ4n) is 3.10. The number of hydrogen-bond acceptors (Lipinski definition) is 5. The van der Waals surface area contributed by atoms with Gasteiger partial charge in [0.05, 0.1) is 6.04 Å². The Kier molecular flexibility index (Phi) is 5.29. The Hall–Kier alpha value is -0.930. The molecule has 1 saturated carbocycles. The van der Waals surface area contributed by atoms with Crippen LogP contribution in [0.15, 0.2) is 0 Å². The lowest BCUT2D eigenvalue weighted by Crippen LogP contribution is -2.39. The zero-order chi connectivity index (χ0) is 15.0. The third kappa shape index (κ3) is 3.69. The topological polar surface area (TPSA) is 66.9 Å². The molecule has 3 atom stereocenters. The van der Waals surface area contributed by atoms with Gasteiger partial charge in [-0.15, -0.1) is 22.6 Å². The highest BCUT2D eigenvalue weighted by molar-refractivity contribution is 7.15. The molecule has 0 bridgehead atoms. The number of rotatable bonds is 2. The second-order valence-corrected chi connectivity index (χ2v) is 6.48. The van der Waals surface area contributed by atoms with Crippen molar-refractivity contribution in [3.8, 4) is 0 Å². The van der Waals surface area contributed by atoms with Crippen LogP contribution in [0.25, 0.3) is 0 Å². The first-order chi connectivity index (χ1) is 9.93. The van der Waals surface area contributed by atoms with E-state index in [4.69, 9.17) is 0 Å². The van der Waals surface area contributed by atoms with Crippen molar-refractivity contribution in [3.05, 3.63) is 5.01 Å². The van der Waals surface area contributed by atoms with Crippen molar-refractivity contribution in [1.29, 1.82) is 0 Å². The van der Waals surface area contributed by atoms with E-state index < -0.39 is 11.2 Å². The van der Waals surface area contributed by atoms with Crippen LogP contribution in [0.5, 0.6) is 0 Å². The molecule has 1 aromatic rings. The number of anilines is 1. The predicted molar refractivity (Wildman–Crippen MR) is 78.1 cm³/mol. The lowest BCUT2D eigenvalue weighted by molar-refractivity contribution is -0.138. The van der Waals surface area contributed by atoms with Crippen molar-refractivity contribution in [1.82, 2.24) is 15.5 Å². The zero-order valence-electron chi connectivity index (χ0n) is 11.5. The Morgan fingerprint density at radius 3 is 2.64 bits per heavy atom. The minimum absolute atomic E-state index is 0. The molecule has 2 N–H and O–H groups in total. The van der Waals surface area contributed by atoms with Crippen LogP contribution in [-0.2, 0) is 11.0 Å². The molecular weight excluding hydrogens is 341 g/mol. The van der Waals surface area contributed by atoms with E-state index in [1.54, 1.807) is 0 Å². The number of aromatic nitrogens is 2. The normalized spacial score (nSPS) is 27.9. The van der Waals surface area contributed by atoms with Gasteiger partial charge in [0.1, 0.15) is 0 Å². The first kappa shape index (κ1) is 17.4. The van der Waals surface area contributed by atoms with Crippen LogP contribution in [0, 0.1) is 5.92 Å². The van der Waals surface area contributed by atoms with Gasteiger partial charge in [-0.1, -0.05) is 24.2 Å². The van der Waals surface area contributed by atoms with E-state index >= 15 is 0 Å². The quantitative estimate of drug-likeness (QED) is 0.855. The van der Waals surface area contributed by atoms with E-state index in [9.17, 15) is 18.0 Å². The van der Waals surface area contributed by atoms with Crippen LogP contribution in [0.4, 0.5) is 18.3 Å². The summed E-state index contributed by atoms with van der Waals surface area (Å²) in [6.07, 6.45) is 0.725. The third-order valence-electron chi connectivity index (χ3n) is 4.08. The summed E-state index contributed by atoms with van der Waals surface area (Å²) in [6, 6.07) is 0.00555. The number of nitrogens with zero attached hydrogens (tertiary/aromatic N) is 2. The minimum atomic E-state index is -4.53. The summed E-state index contributed by atoms with van der Waals surface area (Å²) in [5.74, 6) is 0.170. The lowest BCUT2D eigenvalue weighted by Gasteiger charge is -2.24. The predicted octanol–water partition coefficient (Wildman–Crippen LogP) is 2.84. The van der Waals surface area contributed by atoms with Crippen molar-refractivity contribution in [3.63, 3.8) is 0 Å². The van der Waals surface area contributed by atoms with Gasteiger partial charge in [0.15, 0.2) is 0 Å². The molecule has 1 amide bonds. The maximum absolute atomic E-state index is 12.4. The number of alkyl halides is 3. The fraction of sp³-hybridized carbons (Fsp3) is 0.750. The standard InChI is InChI=1S/C12H15F3N4OS.ClH/c13-12(14,15)10-18-19-11(21-10)17-9(20)8-5-6-3-1-2-4-7(6)16-8;/h6-8,16H,1-5H2,(H,17,19,20);1H. The SMILES string of the molecule is Cl.O=C(Nc1nnc(C(F)(F)F)s1)C1CC2CCCCC2N1. The Labute approximate surface area is 135 Å². The van der Waals surface area contributed by atoms with Crippen LogP contribution >= 0.6 is 23.7 Å². The zero-order valence-corrected chi connectivity index (χ0v) is 13.2. The molecule has 2 heterocycles. The van der Waals surface area contributed by atoms with Crippen LogP contribution in [-0.4, -0.2) is 28.2 Å². The number of amides is 1. The Morgan fingerprint density at radius 1 is 1.27 bits per heavy atom. The van der Waals surface area contributed by atoms with Gasteiger partial charge in [-0.2, -0.15) is 13.2 Å². The molecule has 10 heteroatoms. The van der Waals surface area contributed by atoms with E-state index in [0.717, 1.165) is 25.7 Å². The third-order valence-corrected chi connectivity index (χ3v) is 4.96. The van der Waals surface area contributed by atoms with Gasteiger partial charge in [0.2, 0.25) is 16.0 Å². The first-order valence-corrected chi connectivity index (χ1v) is 7.73. The molecule has 3 rings (SSSR count). The Morgan fingerprint density at radius 2 is 2.00 bits per heavy atom. The van der Waals surface area contributed by atoms with Crippen molar-refractivity contribution in [2.75, 3.05) is 5.32 Å². The van der Waals surface area contributed by atoms with Crippen LogP contribution < -0.4 is 10.6 Å². The summed E-state index contributed by atoms with van der Waals surface area (Å²) in [7, 11) is 0. The summed E-state index contributed by atoms with van der Waals surface area (Å²) >= 11 is 0.345. The van der Waals surface area contributed by atoms with E-state index in [-0.39, 0.29) is 29.5 Å². The molecule has 1 aromatic heterocycles. The van der Waals surface area contributed by atoms with E-state index in [1.807, 2.05) is 0 Å². The number of hydrogen-bond donors (Lipinski definition) is 2. The number of carbonyl (C=O) groups is 1. The van der Waals surface area contributed by atoms with Gasteiger partial charge in [-0.3, -0.25) is 10.1 Å². The fourth-order valence-corrected chi connectivity index (χ4v) is 3.72. The van der Waals surface area contributed by atoms with E-state index in [1.165, 1.54) is 6.42 Å². The smallest absolute Gasteiger partial charge is 0.303 e. The second kappa shape index (κ2) is 6.67. The molecule has 3 unspecified atom stereocenters. The van der Waals surface area contributed by atoms with Crippen molar-refractivity contribution >= 4 is 34.8 Å². The molecule has 1 aliphatic heterocycles. The summed E-state index contributed by atoms with van der Waals surface area (Å²) in [6.45, 7) is 0. The van der Waals surface area contributed by atoms with Crippen molar-refractivity contribution in [2.45, 2.75) is 50.4 Å². The average molecular weight is 357 g/mol. The van der Waals surface area contributed by atoms with Gasteiger partial charge in [0.25, 0.3) is 0 Å². The Balaban J connectivity index is 0.00000176. The molecule has 2 aliphatic rings. The van der Waals surface area contributed by atoms with Gasteiger partial charge in [-0.05, 0) is 25.2 Å². The molecule has 0 spiro atoms. The lowest BCUT2D eigenvalue weighted by atomic mass is 9.85. The van der Waals surface area contributed by atoms with Crippen molar-refractivity contribution in [2.24, 2.45) is 5.92 Å².